The second-order valence-corrected chi connectivity index (χ2v) is 6.39. The van der Waals surface area contributed by atoms with Crippen molar-refractivity contribution in [3.05, 3.63) is 89.2 Å². The first-order chi connectivity index (χ1) is 14.0. The first-order valence-electron chi connectivity index (χ1n) is 8.45. The Kier molecular flexibility index (Phi) is 5.05. The molecule has 8 heteroatoms. The number of amides is 1. The van der Waals surface area contributed by atoms with Crippen molar-refractivity contribution in [3.8, 4) is 11.5 Å². The van der Waals surface area contributed by atoms with E-state index in [1.807, 2.05) is 0 Å². The van der Waals surface area contributed by atoms with E-state index in [0.29, 0.717) is 16.8 Å². The lowest BCUT2D eigenvalue weighted by molar-refractivity contribution is 0.102. The molecular weight excluding hydrogens is 400 g/mol. The van der Waals surface area contributed by atoms with Gasteiger partial charge in [-0.25, -0.2) is 8.78 Å². The minimum Gasteiger partial charge on any atom is -0.453 e. The molecule has 1 N–H and O–H groups in total. The second-order valence-electron chi connectivity index (χ2n) is 6.01. The fourth-order valence-electron chi connectivity index (χ4n) is 2.67. The molecule has 0 aliphatic rings. The molecule has 0 radical (unpaired) electrons. The van der Waals surface area contributed by atoms with Crippen molar-refractivity contribution >= 4 is 34.2 Å². The van der Waals surface area contributed by atoms with Gasteiger partial charge >= 0.3 is 0 Å². The third-order valence-electron chi connectivity index (χ3n) is 4.04. The van der Waals surface area contributed by atoms with Gasteiger partial charge in [-0.15, -0.1) is 0 Å². The predicted molar refractivity (Wildman–Crippen MR) is 105 cm³/mol. The maximum atomic E-state index is 14.3. The zero-order valence-electron chi connectivity index (χ0n) is 14.7. The standard InChI is InChI=1S/C21H12ClF2N3O2/c22-19-17(27-21(28)12-2-1-3-13(23)10-12)7-5-15(24)20(19)29-14-4-6-16-18(11-14)26-9-8-25-16/h1-11H,(H,27,28). The molecule has 0 atom stereocenters. The van der Waals surface area contributed by atoms with Crippen LogP contribution in [0.15, 0.2) is 67.0 Å². The molecule has 0 aliphatic carbocycles. The molecule has 0 spiro atoms. The minimum absolute atomic E-state index is 0.0981. The van der Waals surface area contributed by atoms with E-state index in [2.05, 4.69) is 15.3 Å². The van der Waals surface area contributed by atoms with Crippen LogP contribution in [0.1, 0.15) is 10.4 Å². The molecule has 0 saturated carbocycles. The number of nitrogens with zero attached hydrogens (tertiary/aromatic N) is 2. The van der Waals surface area contributed by atoms with E-state index >= 15 is 0 Å². The Balaban J connectivity index is 1.63. The molecule has 144 valence electrons. The van der Waals surface area contributed by atoms with Crippen LogP contribution in [0.3, 0.4) is 0 Å². The van der Waals surface area contributed by atoms with Crippen LogP contribution in [0.5, 0.6) is 11.5 Å². The lowest BCUT2D eigenvalue weighted by Gasteiger charge is -2.13. The number of anilines is 1. The Morgan fingerprint density at radius 3 is 2.55 bits per heavy atom. The van der Waals surface area contributed by atoms with E-state index in [1.165, 1.54) is 30.5 Å². The Bertz CT molecular complexity index is 1230. The van der Waals surface area contributed by atoms with Crippen molar-refractivity contribution in [2.45, 2.75) is 0 Å². The number of fused-ring (bicyclic) bond motifs is 1. The summed E-state index contributed by atoms with van der Waals surface area (Å²) in [6, 6.07) is 12.5. The Morgan fingerprint density at radius 2 is 1.76 bits per heavy atom. The summed E-state index contributed by atoms with van der Waals surface area (Å²) in [7, 11) is 0. The SMILES string of the molecule is O=C(Nc1ccc(F)c(Oc2ccc3nccnc3c2)c1Cl)c1cccc(F)c1. The minimum atomic E-state index is -0.710. The Hall–Kier alpha value is -3.58. The van der Waals surface area contributed by atoms with Gasteiger partial charge in [-0.3, -0.25) is 14.8 Å². The Labute approximate surface area is 168 Å². The fourth-order valence-corrected chi connectivity index (χ4v) is 2.91. The number of benzene rings is 3. The Morgan fingerprint density at radius 1 is 0.966 bits per heavy atom. The number of carbonyl (C=O) groups excluding carboxylic acids is 1. The zero-order valence-corrected chi connectivity index (χ0v) is 15.5. The first-order valence-corrected chi connectivity index (χ1v) is 8.82. The molecule has 1 aromatic heterocycles. The number of rotatable bonds is 4. The number of ether oxygens (including phenoxy) is 1. The van der Waals surface area contributed by atoms with Crippen molar-refractivity contribution < 1.29 is 18.3 Å². The number of aromatic nitrogens is 2. The average Bonchev–Trinajstić information content (AvgIpc) is 2.73. The van der Waals surface area contributed by atoms with E-state index in [0.717, 1.165) is 12.1 Å². The van der Waals surface area contributed by atoms with Gasteiger partial charge < -0.3 is 10.1 Å². The molecule has 3 aromatic carbocycles. The van der Waals surface area contributed by atoms with Crippen LogP contribution in [0, 0.1) is 11.6 Å². The molecule has 1 heterocycles. The van der Waals surface area contributed by atoms with Crippen LogP contribution >= 0.6 is 11.6 Å². The van der Waals surface area contributed by atoms with Crippen molar-refractivity contribution in [2.24, 2.45) is 0 Å². The van der Waals surface area contributed by atoms with Crippen LogP contribution in [-0.4, -0.2) is 15.9 Å². The monoisotopic (exact) mass is 411 g/mol. The molecule has 0 fully saturated rings. The summed E-state index contributed by atoms with van der Waals surface area (Å²) in [5, 5.41) is 2.40. The summed E-state index contributed by atoms with van der Waals surface area (Å²) in [6.45, 7) is 0. The van der Waals surface area contributed by atoms with Gasteiger partial charge in [-0.1, -0.05) is 17.7 Å². The second kappa shape index (κ2) is 7.81. The summed E-state index contributed by atoms with van der Waals surface area (Å²) < 4.78 is 33.3. The fraction of sp³-hybridized carbons (Fsp3) is 0. The largest absolute Gasteiger partial charge is 0.453 e. The quantitative estimate of drug-likeness (QED) is 0.474. The van der Waals surface area contributed by atoms with Crippen LogP contribution in [0.25, 0.3) is 11.0 Å². The highest BCUT2D eigenvalue weighted by molar-refractivity contribution is 6.35. The van der Waals surface area contributed by atoms with Gasteiger partial charge in [-0.05, 0) is 42.5 Å². The first kappa shape index (κ1) is 18.8. The third kappa shape index (κ3) is 4.00. The van der Waals surface area contributed by atoms with Crippen LogP contribution in [0.4, 0.5) is 14.5 Å². The van der Waals surface area contributed by atoms with E-state index in [9.17, 15) is 13.6 Å². The lowest BCUT2D eigenvalue weighted by Crippen LogP contribution is -2.12. The molecule has 1 amide bonds. The lowest BCUT2D eigenvalue weighted by atomic mass is 10.2. The van der Waals surface area contributed by atoms with E-state index in [1.54, 1.807) is 24.4 Å². The van der Waals surface area contributed by atoms with Crippen molar-refractivity contribution in [1.82, 2.24) is 9.97 Å². The predicted octanol–water partition coefficient (Wildman–Crippen LogP) is 5.61. The molecule has 0 unspecified atom stereocenters. The van der Waals surface area contributed by atoms with Gasteiger partial charge in [0.2, 0.25) is 0 Å². The molecule has 4 aromatic rings. The van der Waals surface area contributed by atoms with Gasteiger partial charge in [0.15, 0.2) is 11.6 Å². The number of hydrogen-bond donors (Lipinski definition) is 1. The van der Waals surface area contributed by atoms with Gasteiger partial charge in [0, 0.05) is 24.0 Å². The molecule has 0 bridgehead atoms. The van der Waals surface area contributed by atoms with Gasteiger partial charge in [0.05, 0.1) is 16.7 Å². The summed E-state index contributed by atoms with van der Waals surface area (Å²) in [5.74, 6) is -1.81. The number of carbonyl (C=O) groups is 1. The van der Waals surface area contributed by atoms with Crippen LogP contribution < -0.4 is 10.1 Å². The van der Waals surface area contributed by atoms with Gasteiger partial charge in [-0.2, -0.15) is 0 Å². The number of hydrogen-bond acceptors (Lipinski definition) is 4. The van der Waals surface area contributed by atoms with E-state index in [4.69, 9.17) is 16.3 Å². The highest BCUT2D eigenvalue weighted by atomic mass is 35.5. The van der Waals surface area contributed by atoms with E-state index < -0.39 is 17.5 Å². The third-order valence-corrected chi connectivity index (χ3v) is 4.42. The van der Waals surface area contributed by atoms with Gasteiger partial charge in [0.25, 0.3) is 5.91 Å². The van der Waals surface area contributed by atoms with Gasteiger partial charge in [0.1, 0.15) is 16.6 Å². The molecule has 4 rings (SSSR count). The number of halogens is 3. The highest BCUT2D eigenvalue weighted by Crippen LogP contribution is 2.38. The highest BCUT2D eigenvalue weighted by Gasteiger charge is 2.17. The van der Waals surface area contributed by atoms with E-state index in [-0.39, 0.29) is 22.0 Å². The average molecular weight is 412 g/mol. The molecule has 29 heavy (non-hydrogen) atoms. The molecular formula is C21H12ClF2N3O2. The summed E-state index contributed by atoms with van der Waals surface area (Å²) in [6.07, 6.45) is 3.09. The summed E-state index contributed by atoms with van der Waals surface area (Å²) in [5.41, 5.74) is 1.44. The zero-order chi connectivity index (χ0) is 20.4. The van der Waals surface area contributed by atoms with Crippen LogP contribution in [0.2, 0.25) is 5.02 Å². The summed E-state index contributed by atoms with van der Waals surface area (Å²) in [4.78, 5) is 20.7. The van der Waals surface area contributed by atoms with Crippen molar-refractivity contribution in [3.63, 3.8) is 0 Å². The normalized spacial score (nSPS) is 10.7. The van der Waals surface area contributed by atoms with Crippen LogP contribution in [-0.2, 0) is 0 Å². The number of nitrogens with one attached hydrogen (secondary N) is 1. The van der Waals surface area contributed by atoms with Crippen molar-refractivity contribution in [1.29, 1.82) is 0 Å². The topological polar surface area (TPSA) is 64.1 Å². The summed E-state index contributed by atoms with van der Waals surface area (Å²) >= 11 is 6.26. The molecule has 0 aliphatic heterocycles. The molecule has 5 nitrogen and oxygen atoms in total. The smallest absolute Gasteiger partial charge is 0.255 e. The molecule has 0 saturated heterocycles. The maximum absolute atomic E-state index is 14.3. The maximum Gasteiger partial charge on any atom is 0.255 e. The van der Waals surface area contributed by atoms with Crippen molar-refractivity contribution in [2.75, 3.05) is 5.32 Å².